The van der Waals surface area contributed by atoms with Crippen molar-refractivity contribution in [1.82, 2.24) is 5.43 Å². The van der Waals surface area contributed by atoms with Gasteiger partial charge in [-0.25, -0.2) is 5.43 Å². The molecule has 4 nitrogen and oxygen atoms in total. The molecule has 0 aliphatic carbocycles. The molecule has 0 unspecified atom stereocenters. The van der Waals surface area contributed by atoms with Crippen molar-refractivity contribution in [3.63, 3.8) is 0 Å². The van der Waals surface area contributed by atoms with Gasteiger partial charge in [0.25, 0.3) is 5.91 Å². The third-order valence-electron chi connectivity index (χ3n) is 2.38. The van der Waals surface area contributed by atoms with Crippen LogP contribution in [0.25, 0.3) is 0 Å². The van der Waals surface area contributed by atoms with E-state index in [1.54, 1.807) is 17.4 Å². The van der Waals surface area contributed by atoms with Crippen LogP contribution >= 0.6 is 11.3 Å². The standard InChI is InChI=1S/C13H14N2O2S/c1-3-12-6-10(8-18-12)13(16)15-14-7-11-5-4-9(2)17-11/h4-8H,3H2,1-2H3,(H,15,16)/b14-7+. The zero-order valence-electron chi connectivity index (χ0n) is 10.3. The Morgan fingerprint density at radius 3 is 3.00 bits per heavy atom. The number of furan rings is 1. The van der Waals surface area contributed by atoms with Crippen LogP contribution in [0.1, 0.15) is 33.7 Å². The maximum atomic E-state index is 11.7. The highest BCUT2D eigenvalue weighted by Crippen LogP contribution is 2.14. The lowest BCUT2D eigenvalue weighted by Crippen LogP contribution is -2.16. The zero-order valence-corrected chi connectivity index (χ0v) is 11.1. The Labute approximate surface area is 109 Å². The van der Waals surface area contributed by atoms with Gasteiger partial charge in [-0.15, -0.1) is 11.3 Å². The third kappa shape index (κ3) is 3.07. The van der Waals surface area contributed by atoms with Crippen molar-refractivity contribution in [2.45, 2.75) is 20.3 Å². The van der Waals surface area contributed by atoms with Crippen LogP contribution in [0.15, 0.2) is 33.1 Å². The van der Waals surface area contributed by atoms with E-state index < -0.39 is 0 Å². The third-order valence-corrected chi connectivity index (χ3v) is 3.46. The summed E-state index contributed by atoms with van der Waals surface area (Å²) in [6, 6.07) is 5.52. The quantitative estimate of drug-likeness (QED) is 0.680. The molecule has 0 radical (unpaired) electrons. The summed E-state index contributed by atoms with van der Waals surface area (Å²) in [4.78, 5) is 12.9. The largest absolute Gasteiger partial charge is 0.460 e. The maximum absolute atomic E-state index is 11.7. The molecule has 5 heteroatoms. The molecule has 1 N–H and O–H groups in total. The molecule has 0 saturated heterocycles. The predicted molar refractivity (Wildman–Crippen MR) is 72.2 cm³/mol. The molecule has 2 aromatic heterocycles. The fourth-order valence-corrected chi connectivity index (χ4v) is 2.24. The van der Waals surface area contributed by atoms with Gasteiger partial charge in [-0.3, -0.25) is 4.79 Å². The van der Waals surface area contributed by atoms with E-state index in [0.717, 1.165) is 12.2 Å². The lowest BCUT2D eigenvalue weighted by atomic mass is 10.3. The molecule has 0 aromatic carbocycles. The van der Waals surface area contributed by atoms with Gasteiger partial charge in [-0.05, 0) is 31.5 Å². The maximum Gasteiger partial charge on any atom is 0.272 e. The van der Waals surface area contributed by atoms with E-state index in [1.807, 2.05) is 24.4 Å². The van der Waals surface area contributed by atoms with Crippen LogP contribution in [-0.4, -0.2) is 12.1 Å². The van der Waals surface area contributed by atoms with Gasteiger partial charge in [-0.1, -0.05) is 6.92 Å². The average Bonchev–Trinajstić information content (AvgIpc) is 2.98. The summed E-state index contributed by atoms with van der Waals surface area (Å²) in [5.74, 6) is 1.23. The monoisotopic (exact) mass is 262 g/mol. The fourth-order valence-electron chi connectivity index (χ4n) is 1.43. The number of hydrogen-bond donors (Lipinski definition) is 1. The normalized spacial score (nSPS) is 11.0. The van der Waals surface area contributed by atoms with Crippen molar-refractivity contribution in [3.8, 4) is 0 Å². The molecule has 2 heterocycles. The summed E-state index contributed by atoms with van der Waals surface area (Å²) in [5, 5.41) is 5.69. The Kier molecular flexibility index (Phi) is 3.94. The Balaban J connectivity index is 1.93. The second-order valence-electron chi connectivity index (χ2n) is 3.80. The highest BCUT2D eigenvalue weighted by atomic mass is 32.1. The topological polar surface area (TPSA) is 54.6 Å². The van der Waals surface area contributed by atoms with Crippen LogP contribution in [-0.2, 0) is 6.42 Å². The van der Waals surface area contributed by atoms with Crippen LogP contribution in [0.5, 0.6) is 0 Å². The van der Waals surface area contributed by atoms with Crippen LogP contribution in [0, 0.1) is 6.92 Å². The first-order valence-corrected chi connectivity index (χ1v) is 6.54. The number of nitrogens with zero attached hydrogens (tertiary/aromatic N) is 1. The molecule has 18 heavy (non-hydrogen) atoms. The van der Waals surface area contributed by atoms with Gasteiger partial charge in [0.2, 0.25) is 0 Å². The lowest BCUT2D eigenvalue weighted by Gasteiger charge is -1.94. The van der Waals surface area contributed by atoms with Crippen molar-refractivity contribution in [1.29, 1.82) is 0 Å². The first-order valence-electron chi connectivity index (χ1n) is 5.66. The van der Waals surface area contributed by atoms with E-state index in [0.29, 0.717) is 11.3 Å². The summed E-state index contributed by atoms with van der Waals surface area (Å²) in [6.45, 7) is 3.92. The minimum atomic E-state index is -0.203. The molecule has 94 valence electrons. The zero-order chi connectivity index (χ0) is 13.0. The van der Waals surface area contributed by atoms with E-state index >= 15 is 0 Å². The van der Waals surface area contributed by atoms with Gasteiger partial charge in [0.1, 0.15) is 11.5 Å². The summed E-state index contributed by atoms with van der Waals surface area (Å²) >= 11 is 1.58. The summed E-state index contributed by atoms with van der Waals surface area (Å²) < 4.78 is 5.29. The highest BCUT2D eigenvalue weighted by Gasteiger charge is 2.06. The van der Waals surface area contributed by atoms with Gasteiger partial charge >= 0.3 is 0 Å². The molecule has 0 aliphatic rings. The molecular formula is C13H14N2O2S. The van der Waals surface area contributed by atoms with Gasteiger partial charge in [0.05, 0.1) is 11.8 Å². The smallest absolute Gasteiger partial charge is 0.272 e. The Hall–Kier alpha value is -1.88. The second-order valence-corrected chi connectivity index (χ2v) is 4.80. The SMILES string of the molecule is CCc1cc(C(=O)N/N=C/c2ccc(C)o2)cs1. The van der Waals surface area contributed by atoms with E-state index in [4.69, 9.17) is 4.42 Å². The van der Waals surface area contributed by atoms with Gasteiger partial charge in [0.15, 0.2) is 0 Å². The van der Waals surface area contributed by atoms with Gasteiger partial charge in [-0.2, -0.15) is 5.10 Å². The van der Waals surface area contributed by atoms with Crippen LogP contribution in [0.4, 0.5) is 0 Å². The highest BCUT2D eigenvalue weighted by molar-refractivity contribution is 7.10. The number of hydrazone groups is 1. The molecule has 0 saturated carbocycles. The Morgan fingerprint density at radius 2 is 2.39 bits per heavy atom. The van der Waals surface area contributed by atoms with Crippen LogP contribution in [0.3, 0.4) is 0 Å². The Morgan fingerprint density at radius 1 is 1.56 bits per heavy atom. The Bertz CT molecular complexity index is 569. The molecule has 0 spiro atoms. The predicted octanol–water partition coefficient (Wildman–Crippen LogP) is 2.98. The second kappa shape index (κ2) is 5.64. The molecule has 0 bridgehead atoms. The summed E-state index contributed by atoms with van der Waals surface area (Å²) in [7, 11) is 0. The van der Waals surface area contributed by atoms with Crippen molar-refractivity contribution in [2.24, 2.45) is 5.10 Å². The molecular weight excluding hydrogens is 248 g/mol. The first-order chi connectivity index (χ1) is 8.69. The molecule has 1 amide bonds. The molecule has 2 aromatic rings. The van der Waals surface area contributed by atoms with Crippen molar-refractivity contribution < 1.29 is 9.21 Å². The summed E-state index contributed by atoms with van der Waals surface area (Å²) in [5.41, 5.74) is 3.11. The van der Waals surface area contributed by atoms with Gasteiger partial charge < -0.3 is 4.42 Å². The van der Waals surface area contributed by atoms with Crippen LogP contribution < -0.4 is 5.43 Å². The number of aryl methyl sites for hydroxylation is 2. The minimum Gasteiger partial charge on any atom is -0.460 e. The lowest BCUT2D eigenvalue weighted by molar-refractivity contribution is 0.0955. The number of carbonyl (C=O) groups excluding carboxylic acids is 1. The van der Waals surface area contributed by atoms with Gasteiger partial charge in [0, 0.05) is 10.3 Å². The van der Waals surface area contributed by atoms with E-state index in [1.165, 1.54) is 11.1 Å². The fraction of sp³-hybridized carbons (Fsp3) is 0.231. The van der Waals surface area contributed by atoms with E-state index in [2.05, 4.69) is 17.5 Å². The van der Waals surface area contributed by atoms with Crippen molar-refractivity contribution in [2.75, 3.05) is 0 Å². The number of thiophene rings is 1. The molecule has 2 rings (SSSR count). The average molecular weight is 262 g/mol. The number of nitrogens with one attached hydrogen (secondary N) is 1. The number of carbonyl (C=O) groups is 1. The number of amides is 1. The molecule has 0 fully saturated rings. The first kappa shape index (κ1) is 12.6. The van der Waals surface area contributed by atoms with Crippen LogP contribution in [0.2, 0.25) is 0 Å². The summed E-state index contributed by atoms with van der Waals surface area (Å²) in [6.07, 6.45) is 2.42. The number of hydrogen-bond acceptors (Lipinski definition) is 4. The van der Waals surface area contributed by atoms with Crippen molar-refractivity contribution in [3.05, 3.63) is 45.5 Å². The molecule has 0 aliphatic heterocycles. The van der Waals surface area contributed by atoms with E-state index in [9.17, 15) is 4.79 Å². The van der Waals surface area contributed by atoms with Crippen molar-refractivity contribution >= 4 is 23.5 Å². The minimum absolute atomic E-state index is 0.203. The van der Waals surface area contributed by atoms with E-state index in [-0.39, 0.29) is 5.91 Å². The number of rotatable bonds is 4. The molecule has 0 atom stereocenters.